The van der Waals surface area contributed by atoms with E-state index in [0.29, 0.717) is 6.54 Å². The second-order valence-electron chi connectivity index (χ2n) is 7.22. The first-order chi connectivity index (χ1) is 12.1. The molecule has 3 heterocycles. The van der Waals surface area contributed by atoms with E-state index in [2.05, 4.69) is 6.92 Å². The molecule has 3 aliphatic heterocycles. The van der Waals surface area contributed by atoms with E-state index in [1.165, 1.54) is 0 Å². The summed E-state index contributed by atoms with van der Waals surface area (Å²) in [5, 5.41) is 0. The van der Waals surface area contributed by atoms with Crippen LogP contribution in [0.5, 0.6) is 0 Å². The summed E-state index contributed by atoms with van der Waals surface area (Å²) < 4.78 is 11.6. The van der Waals surface area contributed by atoms with E-state index in [4.69, 9.17) is 9.47 Å². The maximum atomic E-state index is 13.0. The summed E-state index contributed by atoms with van der Waals surface area (Å²) in [5.74, 6) is -1.33. The molecule has 5 heteroatoms. The second-order valence-corrected chi connectivity index (χ2v) is 7.22. The van der Waals surface area contributed by atoms with Crippen LogP contribution in [0.15, 0.2) is 42.5 Å². The highest BCUT2D eigenvalue weighted by Gasteiger charge is 2.67. The Labute approximate surface area is 147 Å². The van der Waals surface area contributed by atoms with Crippen molar-refractivity contribution in [2.75, 3.05) is 6.54 Å². The van der Waals surface area contributed by atoms with Crippen molar-refractivity contribution in [3.63, 3.8) is 0 Å². The van der Waals surface area contributed by atoms with Crippen molar-refractivity contribution in [3.05, 3.63) is 48.0 Å². The molecule has 0 aromatic heterocycles. The Kier molecular flexibility index (Phi) is 3.91. The molecule has 2 fully saturated rings. The van der Waals surface area contributed by atoms with Crippen molar-refractivity contribution in [1.29, 1.82) is 0 Å². The summed E-state index contributed by atoms with van der Waals surface area (Å²) in [5.41, 5.74) is 0.283. The first-order valence-corrected chi connectivity index (χ1v) is 8.94. The first kappa shape index (κ1) is 16.3. The van der Waals surface area contributed by atoms with Gasteiger partial charge >= 0.3 is 5.97 Å². The van der Waals surface area contributed by atoms with Gasteiger partial charge in [-0.05, 0) is 18.9 Å². The minimum Gasteiger partial charge on any atom is -0.460 e. The van der Waals surface area contributed by atoms with Gasteiger partial charge in [0.2, 0.25) is 5.91 Å². The van der Waals surface area contributed by atoms with Crippen LogP contribution in [0, 0.1) is 11.8 Å². The van der Waals surface area contributed by atoms with Crippen molar-refractivity contribution < 1.29 is 19.1 Å². The fourth-order valence-electron chi connectivity index (χ4n) is 4.22. The minimum absolute atomic E-state index is 0.0165. The number of likely N-dealkylation sites (tertiary alicyclic amines) is 1. The summed E-state index contributed by atoms with van der Waals surface area (Å²) in [6, 6.07) is 9.71. The van der Waals surface area contributed by atoms with Gasteiger partial charge in [-0.25, -0.2) is 0 Å². The lowest BCUT2D eigenvalue weighted by atomic mass is 9.77. The van der Waals surface area contributed by atoms with Crippen LogP contribution in [0.1, 0.15) is 25.8 Å². The number of nitrogens with zero attached hydrogens (tertiary/aromatic N) is 1. The zero-order valence-corrected chi connectivity index (χ0v) is 14.6. The van der Waals surface area contributed by atoms with Gasteiger partial charge in [-0.2, -0.15) is 0 Å². The molecule has 25 heavy (non-hydrogen) atoms. The molecule has 0 saturated carbocycles. The van der Waals surface area contributed by atoms with E-state index in [9.17, 15) is 9.59 Å². The highest BCUT2D eigenvalue weighted by molar-refractivity contribution is 5.91. The van der Waals surface area contributed by atoms with Crippen molar-refractivity contribution in [1.82, 2.24) is 4.90 Å². The molecule has 0 aliphatic carbocycles. The fraction of sp³-hybridized carbons (Fsp3) is 0.500. The van der Waals surface area contributed by atoms with Crippen LogP contribution in [0.2, 0.25) is 0 Å². The molecule has 1 aromatic rings. The Morgan fingerprint density at radius 3 is 2.88 bits per heavy atom. The number of hydrogen-bond donors (Lipinski definition) is 0. The lowest BCUT2D eigenvalue weighted by molar-refractivity contribution is -0.155. The Balaban J connectivity index is 1.52. The van der Waals surface area contributed by atoms with Crippen molar-refractivity contribution in [2.24, 2.45) is 11.8 Å². The predicted octanol–water partition coefficient (Wildman–Crippen LogP) is 2.31. The number of benzene rings is 1. The van der Waals surface area contributed by atoms with E-state index in [-0.39, 0.29) is 30.6 Å². The van der Waals surface area contributed by atoms with Gasteiger partial charge in [0.1, 0.15) is 18.1 Å². The lowest BCUT2D eigenvalue weighted by Crippen LogP contribution is -2.41. The molecule has 0 radical (unpaired) electrons. The molecule has 1 amide bonds. The zero-order chi connectivity index (χ0) is 17.6. The molecule has 4 rings (SSSR count). The summed E-state index contributed by atoms with van der Waals surface area (Å²) in [6.45, 7) is 4.84. The smallest absolute Gasteiger partial charge is 0.313 e. The van der Waals surface area contributed by atoms with Gasteiger partial charge in [-0.1, -0.05) is 49.4 Å². The molecule has 1 aromatic carbocycles. The summed E-state index contributed by atoms with van der Waals surface area (Å²) in [4.78, 5) is 27.6. The molecule has 2 bridgehead atoms. The standard InChI is InChI=1S/C20H23NO4/c1-3-13(2)21-12-20-10-9-15(25-20)16(17(20)18(21)22)19(23)24-11-14-7-5-4-6-8-14/h4-10,13,15-17H,3,11-12H2,1-2H3/t13-,15+,16+,17-,20+/m1/s1. The molecular weight excluding hydrogens is 318 g/mol. The maximum Gasteiger partial charge on any atom is 0.313 e. The van der Waals surface area contributed by atoms with E-state index >= 15 is 0 Å². The van der Waals surface area contributed by atoms with Gasteiger partial charge in [0.05, 0.1) is 18.6 Å². The maximum absolute atomic E-state index is 13.0. The third-order valence-electron chi connectivity index (χ3n) is 5.75. The normalized spacial score (nSPS) is 33.6. The Morgan fingerprint density at radius 1 is 1.40 bits per heavy atom. The van der Waals surface area contributed by atoms with E-state index in [1.54, 1.807) is 0 Å². The van der Waals surface area contributed by atoms with Gasteiger partial charge in [-0.15, -0.1) is 0 Å². The van der Waals surface area contributed by atoms with Crippen LogP contribution in [-0.2, 0) is 25.7 Å². The Hall–Kier alpha value is -2.14. The zero-order valence-electron chi connectivity index (χ0n) is 14.6. The van der Waals surface area contributed by atoms with E-state index < -0.39 is 17.4 Å². The van der Waals surface area contributed by atoms with Crippen molar-refractivity contribution in [3.8, 4) is 0 Å². The number of ether oxygens (including phenoxy) is 2. The Morgan fingerprint density at radius 2 is 2.16 bits per heavy atom. The topological polar surface area (TPSA) is 55.8 Å². The highest BCUT2D eigenvalue weighted by atomic mass is 16.6. The van der Waals surface area contributed by atoms with Crippen LogP contribution in [-0.4, -0.2) is 41.1 Å². The van der Waals surface area contributed by atoms with Crippen molar-refractivity contribution in [2.45, 2.75) is 44.6 Å². The molecule has 3 aliphatic rings. The Bertz CT molecular complexity index is 716. The van der Waals surface area contributed by atoms with E-state index in [1.807, 2.05) is 54.3 Å². The molecule has 132 valence electrons. The molecular formula is C20H23NO4. The molecule has 0 unspecified atom stereocenters. The van der Waals surface area contributed by atoms with Crippen LogP contribution in [0.25, 0.3) is 0 Å². The largest absolute Gasteiger partial charge is 0.460 e. The predicted molar refractivity (Wildman–Crippen MR) is 91.4 cm³/mol. The molecule has 5 atom stereocenters. The number of hydrogen-bond acceptors (Lipinski definition) is 4. The summed E-state index contributed by atoms with van der Waals surface area (Å²) >= 11 is 0. The van der Waals surface area contributed by atoms with E-state index in [0.717, 1.165) is 12.0 Å². The summed E-state index contributed by atoms with van der Waals surface area (Å²) in [6.07, 6.45) is 4.42. The monoisotopic (exact) mass is 341 g/mol. The average Bonchev–Trinajstić information content (AvgIpc) is 3.28. The first-order valence-electron chi connectivity index (χ1n) is 8.94. The van der Waals surface area contributed by atoms with Gasteiger partial charge in [0.15, 0.2) is 0 Å². The highest BCUT2D eigenvalue weighted by Crippen LogP contribution is 2.52. The number of esters is 1. The number of carbonyl (C=O) groups excluding carboxylic acids is 2. The molecule has 2 saturated heterocycles. The second kappa shape index (κ2) is 5.99. The molecule has 5 nitrogen and oxygen atoms in total. The average molecular weight is 341 g/mol. The van der Waals surface area contributed by atoms with Gasteiger partial charge < -0.3 is 14.4 Å². The SMILES string of the molecule is CC[C@@H](C)N1C[C@]23C=C[C@H](O2)[C@H](C(=O)OCc2ccccc2)[C@@H]3C1=O. The van der Waals surface area contributed by atoms with Gasteiger partial charge in [-0.3, -0.25) is 9.59 Å². The van der Waals surface area contributed by atoms with Gasteiger partial charge in [0, 0.05) is 6.04 Å². The fourth-order valence-corrected chi connectivity index (χ4v) is 4.22. The third-order valence-corrected chi connectivity index (χ3v) is 5.75. The minimum atomic E-state index is -0.651. The summed E-state index contributed by atoms with van der Waals surface area (Å²) in [7, 11) is 0. The van der Waals surface area contributed by atoms with Crippen LogP contribution < -0.4 is 0 Å². The number of fused-ring (bicyclic) bond motifs is 1. The number of amides is 1. The number of rotatable bonds is 5. The third kappa shape index (κ3) is 2.49. The van der Waals surface area contributed by atoms with Crippen LogP contribution >= 0.6 is 0 Å². The van der Waals surface area contributed by atoms with Crippen LogP contribution in [0.4, 0.5) is 0 Å². The van der Waals surface area contributed by atoms with Crippen LogP contribution in [0.3, 0.4) is 0 Å². The molecule has 1 spiro atoms. The molecule has 0 N–H and O–H groups in total. The van der Waals surface area contributed by atoms with Gasteiger partial charge in [0.25, 0.3) is 0 Å². The quantitative estimate of drug-likeness (QED) is 0.609. The van der Waals surface area contributed by atoms with Crippen molar-refractivity contribution >= 4 is 11.9 Å². The lowest BCUT2D eigenvalue weighted by Gasteiger charge is -2.26. The number of carbonyl (C=O) groups is 2.